The summed E-state index contributed by atoms with van der Waals surface area (Å²) in [6.45, 7) is 7.17. The minimum atomic E-state index is 0.0665. The maximum atomic E-state index is 12.4. The molecule has 3 nitrogen and oxygen atoms in total. The number of amides is 1. The van der Waals surface area contributed by atoms with Gasteiger partial charge < -0.3 is 9.88 Å². The minimum Gasteiger partial charge on any atom is -0.351 e. The van der Waals surface area contributed by atoms with Gasteiger partial charge in [0, 0.05) is 17.4 Å². The van der Waals surface area contributed by atoms with Crippen molar-refractivity contribution in [3.8, 4) is 0 Å². The first-order chi connectivity index (χ1) is 8.55. The molecular formula is C15H17N2O. The number of carbonyl (C=O) groups is 1. The van der Waals surface area contributed by atoms with Crippen LogP contribution in [0.5, 0.6) is 0 Å². The van der Waals surface area contributed by atoms with E-state index < -0.39 is 0 Å². The minimum absolute atomic E-state index is 0.0665. The summed E-state index contributed by atoms with van der Waals surface area (Å²) in [5.41, 5.74) is 1.88. The maximum Gasteiger partial charge on any atom is 0.270 e. The Morgan fingerprint density at radius 1 is 1.33 bits per heavy atom. The van der Waals surface area contributed by atoms with Crippen LogP contribution in [0.2, 0.25) is 0 Å². The molecular weight excluding hydrogens is 224 g/mol. The van der Waals surface area contributed by atoms with Crippen molar-refractivity contribution in [3.63, 3.8) is 0 Å². The molecule has 1 N–H and O–H groups in total. The normalized spacial score (nSPS) is 18.4. The Morgan fingerprint density at radius 3 is 2.78 bits per heavy atom. The number of hydrogen-bond acceptors (Lipinski definition) is 1. The summed E-state index contributed by atoms with van der Waals surface area (Å²) in [5.74, 6) is 0.0665. The van der Waals surface area contributed by atoms with Crippen LogP contribution in [-0.4, -0.2) is 22.3 Å². The van der Waals surface area contributed by atoms with E-state index in [9.17, 15) is 4.79 Å². The van der Waals surface area contributed by atoms with Crippen LogP contribution in [0.3, 0.4) is 0 Å². The Bertz CT molecular complexity index is 564. The molecule has 0 spiro atoms. The van der Waals surface area contributed by atoms with E-state index in [4.69, 9.17) is 0 Å². The van der Waals surface area contributed by atoms with Crippen molar-refractivity contribution in [2.75, 3.05) is 6.54 Å². The molecule has 0 saturated carbocycles. The zero-order valence-corrected chi connectivity index (χ0v) is 10.7. The quantitative estimate of drug-likeness (QED) is 0.817. The first-order valence-electron chi connectivity index (χ1n) is 6.27. The molecule has 1 saturated heterocycles. The molecule has 1 aliphatic heterocycles. The van der Waals surface area contributed by atoms with Crippen LogP contribution in [0.25, 0.3) is 10.9 Å². The highest BCUT2D eigenvalue weighted by Gasteiger charge is 2.33. The number of aromatic nitrogens is 1. The Morgan fingerprint density at radius 2 is 2.11 bits per heavy atom. The van der Waals surface area contributed by atoms with Gasteiger partial charge in [0.2, 0.25) is 0 Å². The first-order valence-corrected chi connectivity index (χ1v) is 6.27. The molecule has 2 aromatic rings. The number of para-hydroxylation sites is 1. The van der Waals surface area contributed by atoms with E-state index in [1.165, 1.54) is 0 Å². The lowest BCUT2D eigenvalue weighted by molar-refractivity contribution is 0.0799. The number of fused-ring (bicyclic) bond motifs is 1. The maximum absolute atomic E-state index is 12.4. The fraction of sp³-hybridized carbons (Fsp3) is 0.333. The van der Waals surface area contributed by atoms with Gasteiger partial charge >= 0.3 is 0 Å². The highest BCUT2D eigenvalue weighted by Crippen LogP contribution is 2.32. The van der Waals surface area contributed by atoms with E-state index in [-0.39, 0.29) is 11.3 Å². The van der Waals surface area contributed by atoms with Gasteiger partial charge in [0.15, 0.2) is 0 Å². The molecule has 0 bridgehead atoms. The summed E-state index contributed by atoms with van der Waals surface area (Å²) < 4.78 is 0. The van der Waals surface area contributed by atoms with E-state index in [1.54, 1.807) is 0 Å². The summed E-state index contributed by atoms with van der Waals surface area (Å²) in [6, 6.07) is 9.88. The van der Waals surface area contributed by atoms with Gasteiger partial charge in [-0.15, -0.1) is 0 Å². The molecule has 2 heterocycles. The average Bonchev–Trinajstić information content (AvgIpc) is 2.91. The van der Waals surface area contributed by atoms with E-state index >= 15 is 0 Å². The van der Waals surface area contributed by atoms with Crippen molar-refractivity contribution in [2.45, 2.75) is 20.3 Å². The number of nitrogens with zero attached hydrogens (tertiary/aromatic N) is 1. The van der Waals surface area contributed by atoms with Crippen molar-refractivity contribution in [1.29, 1.82) is 0 Å². The summed E-state index contributed by atoms with van der Waals surface area (Å²) >= 11 is 0. The topological polar surface area (TPSA) is 36.1 Å². The van der Waals surface area contributed by atoms with E-state index in [0.717, 1.165) is 23.9 Å². The first kappa shape index (κ1) is 11.3. The molecule has 1 fully saturated rings. The predicted octanol–water partition coefficient (Wildman–Crippen LogP) is 3.20. The number of carbonyl (C=O) groups excluding carboxylic acids is 1. The molecule has 3 rings (SSSR count). The van der Waals surface area contributed by atoms with E-state index in [1.807, 2.05) is 41.8 Å². The number of hydrogen-bond donors (Lipinski definition) is 1. The monoisotopic (exact) mass is 241 g/mol. The molecule has 0 unspecified atom stereocenters. The van der Waals surface area contributed by atoms with Crippen LogP contribution in [0, 0.1) is 12.0 Å². The Labute approximate surface area is 107 Å². The SMILES string of the molecule is CC1(C)C[CH]N(C(=O)c2cc3ccccc3[nH]2)C1. The van der Waals surface area contributed by atoms with Gasteiger partial charge in [-0.3, -0.25) is 4.79 Å². The van der Waals surface area contributed by atoms with Gasteiger partial charge in [-0.05, 0) is 24.0 Å². The highest BCUT2D eigenvalue weighted by atomic mass is 16.2. The Balaban J connectivity index is 1.88. The van der Waals surface area contributed by atoms with Crippen LogP contribution in [0.4, 0.5) is 0 Å². The van der Waals surface area contributed by atoms with Gasteiger partial charge in [0.05, 0.1) is 6.54 Å². The van der Waals surface area contributed by atoms with Gasteiger partial charge in [-0.25, -0.2) is 0 Å². The predicted molar refractivity (Wildman–Crippen MR) is 72.0 cm³/mol. The molecule has 1 aliphatic rings. The smallest absolute Gasteiger partial charge is 0.270 e. The van der Waals surface area contributed by atoms with Crippen molar-refractivity contribution < 1.29 is 4.79 Å². The second kappa shape index (κ2) is 3.87. The van der Waals surface area contributed by atoms with Gasteiger partial charge in [0.1, 0.15) is 5.69 Å². The molecule has 0 aliphatic carbocycles. The molecule has 93 valence electrons. The molecule has 1 aromatic carbocycles. The molecule has 1 radical (unpaired) electrons. The van der Waals surface area contributed by atoms with Crippen LogP contribution >= 0.6 is 0 Å². The van der Waals surface area contributed by atoms with Crippen molar-refractivity contribution >= 4 is 16.8 Å². The Hall–Kier alpha value is -1.77. The fourth-order valence-electron chi connectivity index (χ4n) is 2.45. The Kier molecular flexibility index (Phi) is 2.44. The number of likely N-dealkylation sites (tertiary alicyclic amines) is 1. The summed E-state index contributed by atoms with van der Waals surface area (Å²) in [4.78, 5) is 17.4. The van der Waals surface area contributed by atoms with Crippen LogP contribution in [0.1, 0.15) is 30.8 Å². The molecule has 1 aromatic heterocycles. The summed E-state index contributed by atoms with van der Waals surface area (Å²) in [7, 11) is 0. The van der Waals surface area contributed by atoms with Crippen LogP contribution in [0.15, 0.2) is 30.3 Å². The zero-order chi connectivity index (χ0) is 12.8. The second-order valence-electron chi connectivity index (χ2n) is 5.75. The molecule has 3 heteroatoms. The third kappa shape index (κ3) is 1.90. The molecule has 1 amide bonds. The van der Waals surface area contributed by atoms with E-state index in [2.05, 4.69) is 18.8 Å². The van der Waals surface area contributed by atoms with Gasteiger partial charge in [-0.2, -0.15) is 0 Å². The number of H-pyrrole nitrogens is 1. The lowest BCUT2D eigenvalue weighted by Crippen LogP contribution is -2.28. The number of rotatable bonds is 1. The lowest BCUT2D eigenvalue weighted by atomic mass is 9.93. The standard InChI is InChI=1S/C15H17N2O/c1-15(2)7-8-17(10-15)14(18)13-9-11-5-3-4-6-12(11)16-13/h3-6,8-9,16H,7,10H2,1-2H3. The van der Waals surface area contributed by atoms with Crippen LogP contribution in [-0.2, 0) is 0 Å². The number of benzene rings is 1. The average molecular weight is 241 g/mol. The third-order valence-corrected chi connectivity index (χ3v) is 3.48. The number of aromatic amines is 1. The van der Waals surface area contributed by atoms with E-state index in [0.29, 0.717) is 5.69 Å². The molecule has 0 atom stereocenters. The van der Waals surface area contributed by atoms with Gasteiger partial charge in [-0.1, -0.05) is 32.0 Å². The van der Waals surface area contributed by atoms with Crippen molar-refractivity contribution in [1.82, 2.24) is 9.88 Å². The summed E-state index contributed by atoms with van der Waals surface area (Å²) in [5, 5.41) is 1.08. The van der Waals surface area contributed by atoms with Crippen LogP contribution < -0.4 is 0 Å². The summed E-state index contributed by atoms with van der Waals surface area (Å²) in [6.07, 6.45) is 0.957. The van der Waals surface area contributed by atoms with Crippen molar-refractivity contribution in [3.05, 3.63) is 42.6 Å². The third-order valence-electron chi connectivity index (χ3n) is 3.48. The fourth-order valence-corrected chi connectivity index (χ4v) is 2.45. The van der Waals surface area contributed by atoms with Crippen molar-refractivity contribution in [2.24, 2.45) is 5.41 Å². The number of nitrogens with one attached hydrogen (secondary N) is 1. The largest absolute Gasteiger partial charge is 0.351 e. The highest BCUT2D eigenvalue weighted by molar-refractivity contribution is 5.98. The second-order valence-corrected chi connectivity index (χ2v) is 5.75. The van der Waals surface area contributed by atoms with Gasteiger partial charge in [0.25, 0.3) is 5.91 Å². The molecule has 18 heavy (non-hydrogen) atoms. The lowest BCUT2D eigenvalue weighted by Gasteiger charge is -2.18. The zero-order valence-electron chi connectivity index (χ0n) is 10.7.